The minimum Gasteiger partial charge on any atom is -0.449 e. The Kier molecular flexibility index (Phi) is 6.18. The van der Waals surface area contributed by atoms with Crippen LogP contribution in [0.5, 0.6) is 0 Å². The van der Waals surface area contributed by atoms with Gasteiger partial charge in [0.15, 0.2) is 6.61 Å². The average Bonchev–Trinajstić information content (AvgIpc) is 2.29. The molecule has 1 N–H and O–H groups in total. The molecule has 11 heteroatoms. The van der Waals surface area contributed by atoms with Gasteiger partial charge >= 0.3 is 18.3 Å². The Bertz CT molecular complexity index is 415. The first-order valence-electron chi connectivity index (χ1n) is 5.41. The molecule has 0 aliphatic rings. The van der Waals surface area contributed by atoms with Gasteiger partial charge in [-0.15, -0.1) is 0 Å². The third-order valence-corrected chi connectivity index (χ3v) is 2.11. The molecule has 0 aromatic heterocycles. The third-order valence-electron chi connectivity index (χ3n) is 2.11. The number of carbonyl (C=O) groups is 3. The largest absolute Gasteiger partial charge is 0.490 e. The number of alkyl halides is 6. The van der Waals surface area contributed by atoms with Crippen molar-refractivity contribution in [2.24, 2.45) is 5.92 Å². The van der Waals surface area contributed by atoms with Crippen LogP contribution in [0.1, 0.15) is 13.8 Å². The van der Waals surface area contributed by atoms with Crippen LogP contribution in [-0.4, -0.2) is 42.7 Å². The number of carbonyl (C=O) groups excluding carboxylic acids is 3. The van der Waals surface area contributed by atoms with Crippen molar-refractivity contribution >= 4 is 17.7 Å². The summed E-state index contributed by atoms with van der Waals surface area (Å²) in [7, 11) is 0. The standard InChI is InChI=1S/C10H11F6NO4/c1-4(2)6(7(19)9(11,12)13)17-5(18)3-21-8(20)10(14,15)16/h4,6H,3H2,1-2H3,(H,17,18). The molecule has 0 spiro atoms. The van der Waals surface area contributed by atoms with E-state index in [1.54, 1.807) is 5.32 Å². The first kappa shape index (κ1) is 19.2. The Hall–Kier alpha value is -1.81. The minimum absolute atomic E-state index is 0.971. The van der Waals surface area contributed by atoms with Crippen molar-refractivity contribution in [3.63, 3.8) is 0 Å². The van der Waals surface area contributed by atoms with E-state index in [2.05, 4.69) is 4.74 Å². The van der Waals surface area contributed by atoms with Crippen molar-refractivity contribution in [2.45, 2.75) is 32.2 Å². The Labute approximate surface area is 114 Å². The van der Waals surface area contributed by atoms with Crippen molar-refractivity contribution in [2.75, 3.05) is 6.61 Å². The maximum absolute atomic E-state index is 12.2. The molecule has 1 atom stereocenters. The van der Waals surface area contributed by atoms with E-state index >= 15 is 0 Å². The third kappa shape index (κ3) is 6.45. The van der Waals surface area contributed by atoms with Crippen molar-refractivity contribution in [3.8, 4) is 0 Å². The number of halogens is 6. The molecule has 1 amide bonds. The van der Waals surface area contributed by atoms with E-state index in [0.717, 1.165) is 0 Å². The summed E-state index contributed by atoms with van der Waals surface area (Å²) in [6.07, 6.45) is -10.6. The van der Waals surface area contributed by atoms with Crippen LogP contribution in [0.2, 0.25) is 0 Å². The fourth-order valence-corrected chi connectivity index (χ4v) is 1.14. The van der Waals surface area contributed by atoms with Gasteiger partial charge in [-0.05, 0) is 5.92 Å². The van der Waals surface area contributed by atoms with Crippen LogP contribution in [0.15, 0.2) is 0 Å². The predicted molar refractivity (Wildman–Crippen MR) is 54.8 cm³/mol. The Morgan fingerprint density at radius 3 is 1.81 bits per heavy atom. The average molecular weight is 323 g/mol. The maximum Gasteiger partial charge on any atom is 0.490 e. The van der Waals surface area contributed by atoms with E-state index in [4.69, 9.17) is 0 Å². The quantitative estimate of drug-likeness (QED) is 0.613. The van der Waals surface area contributed by atoms with Crippen LogP contribution in [0.25, 0.3) is 0 Å². The molecule has 5 nitrogen and oxygen atoms in total. The second-order valence-electron chi connectivity index (χ2n) is 4.23. The van der Waals surface area contributed by atoms with Gasteiger partial charge in [0.2, 0.25) is 0 Å². The van der Waals surface area contributed by atoms with Crippen LogP contribution in [0, 0.1) is 5.92 Å². The number of ketones is 1. The fraction of sp³-hybridized carbons (Fsp3) is 0.700. The van der Waals surface area contributed by atoms with Gasteiger partial charge in [0.05, 0.1) is 6.04 Å². The van der Waals surface area contributed by atoms with Gasteiger partial charge in [0.25, 0.3) is 11.7 Å². The lowest BCUT2D eigenvalue weighted by Gasteiger charge is -2.22. The van der Waals surface area contributed by atoms with Crippen molar-refractivity contribution in [1.82, 2.24) is 5.32 Å². The number of hydrogen-bond acceptors (Lipinski definition) is 4. The molecule has 0 heterocycles. The summed E-state index contributed by atoms with van der Waals surface area (Å²) < 4.78 is 75.6. The SMILES string of the molecule is CC(C)C(NC(=O)COC(=O)C(F)(F)F)C(=O)C(F)(F)F. The van der Waals surface area contributed by atoms with E-state index in [1.165, 1.54) is 13.8 Å². The van der Waals surface area contributed by atoms with E-state index in [-0.39, 0.29) is 0 Å². The number of ether oxygens (including phenoxy) is 1. The second kappa shape index (κ2) is 6.76. The van der Waals surface area contributed by atoms with Crippen molar-refractivity contribution < 1.29 is 45.5 Å². The number of nitrogens with one attached hydrogen (secondary N) is 1. The summed E-state index contributed by atoms with van der Waals surface area (Å²) in [5.74, 6) is -7.35. The Balaban J connectivity index is 4.65. The zero-order valence-electron chi connectivity index (χ0n) is 10.8. The lowest BCUT2D eigenvalue weighted by molar-refractivity contribution is -0.200. The van der Waals surface area contributed by atoms with Gasteiger partial charge < -0.3 is 10.1 Å². The molecule has 0 saturated carbocycles. The van der Waals surface area contributed by atoms with Gasteiger partial charge in [-0.25, -0.2) is 4.79 Å². The molecular weight excluding hydrogens is 312 g/mol. The topological polar surface area (TPSA) is 72.5 Å². The molecular formula is C10H11F6NO4. The van der Waals surface area contributed by atoms with E-state index in [1.807, 2.05) is 0 Å². The molecule has 0 bridgehead atoms. The molecule has 21 heavy (non-hydrogen) atoms. The van der Waals surface area contributed by atoms with Crippen molar-refractivity contribution in [3.05, 3.63) is 0 Å². The maximum atomic E-state index is 12.2. The number of rotatable bonds is 5. The molecule has 0 saturated heterocycles. The number of hydrogen-bond donors (Lipinski definition) is 1. The van der Waals surface area contributed by atoms with Crippen LogP contribution in [0.3, 0.4) is 0 Å². The number of Topliss-reactive ketones (excluding diaryl/α,β-unsaturated/α-hetero) is 1. The van der Waals surface area contributed by atoms with E-state index in [9.17, 15) is 40.7 Å². The number of amides is 1. The normalized spacial score (nSPS) is 13.8. The highest BCUT2D eigenvalue weighted by Gasteiger charge is 2.45. The van der Waals surface area contributed by atoms with Gasteiger partial charge in [-0.3, -0.25) is 9.59 Å². The van der Waals surface area contributed by atoms with Crippen LogP contribution in [-0.2, 0) is 19.1 Å². The molecule has 0 aliphatic heterocycles. The zero-order valence-corrected chi connectivity index (χ0v) is 10.8. The Morgan fingerprint density at radius 2 is 1.48 bits per heavy atom. The predicted octanol–water partition coefficient (Wildman–Crippen LogP) is 1.36. The highest BCUT2D eigenvalue weighted by Crippen LogP contribution is 2.21. The van der Waals surface area contributed by atoms with Gasteiger partial charge in [0, 0.05) is 0 Å². The van der Waals surface area contributed by atoms with Crippen LogP contribution >= 0.6 is 0 Å². The molecule has 0 radical (unpaired) electrons. The van der Waals surface area contributed by atoms with E-state index < -0.39 is 48.6 Å². The smallest absolute Gasteiger partial charge is 0.449 e. The first-order chi connectivity index (χ1) is 9.26. The highest BCUT2D eigenvalue weighted by atomic mass is 19.4. The lowest BCUT2D eigenvalue weighted by atomic mass is 9.99. The number of esters is 1. The monoisotopic (exact) mass is 323 g/mol. The van der Waals surface area contributed by atoms with Crippen LogP contribution < -0.4 is 5.32 Å². The molecule has 0 aromatic rings. The summed E-state index contributed by atoms with van der Waals surface area (Å²) in [5, 5.41) is 1.58. The molecule has 1 unspecified atom stereocenters. The first-order valence-corrected chi connectivity index (χ1v) is 5.41. The summed E-state index contributed by atoms with van der Waals surface area (Å²) in [4.78, 5) is 32.5. The van der Waals surface area contributed by atoms with Crippen LogP contribution in [0.4, 0.5) is 26.3 Å². The molecule has 0 rings (SSSR count). The van der Waals surface area contributed by atoms with Crippen molar-refractivity contribution in [1.29, 1.82) is 0 Å². The zero-order chi connectivity index (χ0) is 17.0. The molecule has 0 aromatic carbocycles. The minimum atomic E-state index is -5.33. The summed E-state index contributed by atoms with van der Waals surface area (Å²) in [6, 6.07) is -1.98. The van der Waals surface area contributed by atoms with Gasteiger partial charge in [0.1, 0.15) is 0 Å². The van der Waals surface area contributed by atoms with Gasteiger partial charge in [-0.1, -0.05) is 13.8 Å². The second-order valence-corrected chi connectivity index (χ2v) is 4.23. The molecule has 0 fully saturated rings. The fourth-order valence-electron chi connectivity index (χ4n) is 1.14. The highest BCUT2D eigenvalue weighted by molar-refractivity contribution is 5.93. The molecule has 122 valence electrons. The molecule has 0 aliphatic carbocycles. The Morgan fingerprint density at radius 1 is 1.00 bits per heavy atom. The summed E-state index contributed by atoms with van der Waals surface area (Å²) in [5.41, 5.74) is 0. The summed E-state index contributed by atoms with van der Waals surface area (Å²) in [6.45, 7) is 0.930. The lowest BCUT2D eigenvalue weighted by Crippen LogP contribution is -2.50. The van der Waals surface area contributed by atoms with E-state index in [0.29, 0.717) is 0 Å². The summed E-state index contributed by atoms with van der Waals surface area (Å²) >= 11 is 0. The van der Waals surface area contributed by atoms with Gasteiger partial charge in [-0.2, -0.15) is 26.3 Å².